The Bertz CT molecular complexity index is 1710. The van der Waals surface area contributed by atoms with Gasteiger partial charge in [-0.2, -0.15) is 0 Å². The molecule has 0 radical (unpaired) electrons. The van der Waals surface area contributed by atoms with E-state index >= 15 is 0 Å². The molecule has 10 heteroatoms. The van der Waals surface area contributed by atoms with Crippen LogP contribution in [0.3, 0.4) is 0 Å². The summed E-state index contributed by atoms with van der Waals surface area (Å²) in [4.78, 5) is 14.4. The van der Waals surface area contributed by atoms with Gasteiger partial charge in [0.05, 0.1) is 11.7 Å². The summed E-state index contributed by atoms with van der Waals surface area (Å²) in [6.07, 6.45) is -0.394. The van der Waals surface area contributed by atoms with E-state index in [2.05, 4.69) is 54.5 Å². The molecule has 6 nitrogen and oxygen atoms in total. The fourth-order valence-corrected chi connectivity index (χ4v) is 7.82. The normalized spacial score (nSPS) is 13.5. The van der Waals surface area contributed by atoms with Crippen LogP contribution < -0.4 is 9.46 Å². The van der Waals surface area contributed by atoms with Crippen molar-refractivity contribution in [2.75, 3.05) is 4.72 Å². The number of sulfonamides is 1. The molecule has 46 heavy (non-hydrogen) atoms. The number of ether oxygens (including phenoxy) is 1. The molecule has 0 saturated heterocycles. The zero-order valence-electron chi connectivity index (χ0n) is 26.8. The highest BCUT2D eigenvalue weighted by Gasteiger charge is 2.41. The number of carbonyl (C=O) groups is 1. The molecule has 244 valence electrons. The van der Waals surface area contributed by atoms with Gasteiger partial charge in [-0.1, -0.05) is 97.4 Å². The monoisotopic (exact) mass is 725 g/mol. The van der Waals surface area contributed by atoms with Crippen molar-refractivity contribution in [3.63, 3.8) is 0 Å². The van der Waals surface area contributed by atoms with Crippen LogP contribution >= 0.6 is 15.9 Å². The Morgan fingerprint density at radius 1 is 0.891 bits per heavy atom. The number of hydrogen-bond acceptors (Lipinski definition) is 5. The van der Waals surface area contributed by atoms with Crippen LogP contribution in [0.1, 0.15) is 61.2 Å². The third-order valence-corrected chi connectivity index (χ3v) is 15.0. The first-order valence-corrected chi connectivity index (χ1v) is 20.4. The van der Waals surface area contributed by atoms with Crippen LogP contribution in [0.4, 0.5) is 10.1 Å². The van der Waals surface area contributed by atoms with Gasteiger partial charge >= 0.3 is 0 Å². The Kier molecular flexibility index (Phi) is 11.6. The van der Waals surface area contributed by atoms with Crippen LogP contribution in [-0.2, 0) is 21.1 Å². The lowest BCUT2D eigenvalue weighted by atomic mass is 9.99. The number of ketones is 1. The number of hydrogen-bond donors (Lipinski definition) is 1. The molecule has 0 fully saturated rings. The molecule has 0 aliphatic carbocycles. The maximum Gasteiger partial charge on any atom is 0.243 e. The SMILES string of the molecule is CC(C)(C)[Si](C)(C)O[C@@H](CCC(C(=O)c1ccc(Br)cc1OCc1ccccc1)S(=O)(=O)Nc1ccccc1)c1ccc(F)cc1. The van der Waals surface area contributed by atoms with Gasteiger partial charge in [0, 0.05) is 10.2 Å². The number of Topliss-reactive ketones (excluding diaryl/α,β-unsaturated/α-hetero) is 1. The topological polar surface area (TPSA) is 81.7 Å². The maximum absolute atomic E-state index is 14.4. The number of rotatable bonds is 14. The minimum absolute atomic E-state index is 0.0497. The first kappa shape index (κ1) is 35.5. The zero-order valence-corrected chi connectivity index (χ0v) is 30.2. The molecule has 1 unspecified atom stereocenters. The van der Waals surface area contributed by atoms with Crippen molar-refractivity contribution in [2.45, 2.75) is 69.7 Å². The van der Waals surface area contributed by atoms with Gasteiger partial charge in [-0.25, -0.2) is 12.8 Å². The Balaban J connectivity index is 1.71. The van der Waals surface area contributed by atoms with Crippen molar-refractivity contribution in [3.8, 4) is 5.75 Å². The van der Waals surface area contributed by atoms with Crippen LogP contribution in [0.25, 0.3) is 0 Å². The van der Waals surface area contributed by atoms with E-state index in [1.165, 1.54) is 12.1 Å². The molecule has 4 aromatic rings. The van der Waals surface area contributed by atoms with Crippen molar-refractivity contribution in [1.82, 2.24) is 0 Å². The van der Waals surface area contributed by atoms with Crippen LogP contribution in [0, 0.1) is 5.82 Å². The van der Waals surface area contributed by atoms with Crippen LogP contribution in [0.15, 0.2) is 108 Å². The first-order valence-electron chi connectivity index (χ1n) is 15.2. The van der Waals surface area contributed by atoms with Crippen molar-refractivity contribution < 1.29 is 26.8 Å². The van der Waals surface area contributed by atoms with Gasteiger partial charge in [0.25, 0.3) is 0 Å². The summed E-state index contributed by atoms with van der Waals surface area (Å²) >= 11 is 3.46. The Morgan fingerprint density at radius 3 is 2.11 bits per heavy atom. The highest BCUT2D eigenvalue weighted by molar-refractivity contribution is 9.10. The lowest BCUT2D eigenvalue weighted by molar-refractivity contribution is 0.0970. The minimum atomic E-state index is -4.24. The van der Waals surface area contributed by atoms with E-state index in [1.807, 2.05) is 30.3 Å². The number of benzene rings is 4. The van der Waals surface area contributed by atoms with Gasteiger partial charge in [-0.05, 0) is 84.6 Å². The van der Waals surface area contributed by atoms with Gasteiger partial charge in [-0.3, -0.25) is 9.52 Å². The van der Waals surface area contributed by atoms with Gasteiger partial charge in [0.2, 0.25) is 10.0 Å². The number of halogens is 2. The van der Waals surface area contributed by atoms with E-state index < -0.39 is 35.5 Å². The average molecular weight is 727 g/mol. The maximum atomic E-state index is 14.4. The third kappa shape index (κ3) is 9.37. The Morgan fingerprint density at radius 2 is 1.50 bits per heavy atom. The lowest BCUT2D eigenvalue weighted by Crippen LogP contribution is -2.42. The molecule has 0 spiro atoms. The lowest BCUT2D eigenvalue weighted by Gasteiger charge is -2.39. The van der Waals surface area contributed by atoms with Crippen molar-refractivity contribution in [3.05, 3.63) is 130 Å². The Labute approximate surface area is 281 Å². The summed E-state index contributed by atoms with van der Waals surface area (Å²) in [7, 11) is -6.61. The van der Waals surface area contributed by atoms with Crippen molar-refractivity contribution in [1.29, 1.82) is 0 Å². The van der Waals surface area contributed by atoms with Crippen LogP contribution in [-0.4, -0.2) is 27.8 Å². The molecule has 0 saturated carbocycles. The van der Waals surface area contributed by atoms with E-state index in [1.54, 1.807) is 60.7 Å². The molecular formula is C36H41BrFNO5SSi. The standard InChI is InChI=1S/C36H41BrFNO5SSi/c1-36(2,3)46(4,5)44-32(27-16-19-29(38)20-17-27)22-23-34(45(41,42)39-30-14-10-7-11-15-30)35(40)31-21-18-28(37)24-33(31)43-25-26-12-8-6-9-13-26/h6-21,24,32,34,39H,22-23,25H2,1-5H3/t32-,34?/m0/s1. The van der Waals surface area contributed by atoms with Gasteiger partial charge in [-0.15, -0.1) is 0 Å². The smallest absolute Gasteiger partial charge is 0.243 e. The van der Waals surface area contributed by atoms with Gasteiger partial charge in [0.1, 0.15) is 23.4 Å². The second-order valence-corrected chi connectivity index (χ2v) is 20.3. The largest absolute Gasteiger partial charge is 0.488 e. The van der Waals surface area contributed by atoms with E-state index in [0.717, 1.165) is 11.1 Å². The van der Waals surface area contributed by atoms with Gasteiger partial charge in [0.15, 0.2) is 14.1 Å². The van der Waals surface area contributed by atoms with Crippen molar-refractivity contribution in [2.24, 2.45) is 0 Å². The van der Waals surface area contributed by atoms with Crippen LogP contribution in [0.2, 0.25) is 18.1 Å². The molecule has 0 heterocycles. The first-order chi connectivity index (χ1) is 21.7. The fourth-order valence-electron chi connectivity index (χ4n) is 4.70. The molecule has 0 aromatic heterocycles. The average Bonchev–Trinajstić information content (AvgIpc) is 3.00. The molecule has 0 aliphatic rings. The summed E-state index contributed by atoms with van der Waals surface area (Å²) < 4.78 is 58.2. The quantitative estimate of drug-likeness (QED) is 0.103. The molecule has 2 atom stereocenters. The van der Waals surface area contributed by atoms with E-state index in [0.29, 0.717) is 10.2 Å². The summed E-state index contributed by atoms with van der Waals surface area (Å²) in [5.74, 6) is -0.698. The zero-order chi connectivity index (χ0) is 33.5. The van der Waals surface area contributed by atoms with Crippen LogP contribution in [0.5, 0.6) is 5.75 Å². The van der Waals surface area contributed by atoms with E-state index in [9.17, 15) is 17.6 Å². The molecular weight excluding hydrogens is 685 g/mol. The number of nitrogens with one attached hydrogen (secondary N) is 1. The summed E-state index contributed by atoms with van der Waals surface area (Å²) in [6, 6.07) is 29.0. The van der Waals surface area contributed by atoms with Crippen molar-refractivity contribution >= 4 is 45.7 Å². The molecule has 0 aliphatic heterocycles. The predicted octanol–water partition coefficient (Wildman–Crippen LogP) is 9.70. The molecule has 4 aromatic carbocycles. The second kappa shape index (κ2) is 15.1. The molecule has 0 amide bonds. The fraction of sp³-hybridized carbons (Fsp3) is 0.306. The highest BCUT2D eigenvalue weighted by Crippen LogP contribution is 2.41. The minimum Gasteiger partial charge on any atom is -0.488 e. The number of para-hydroxylation sites is 1. The summed E-state index contributed by atoms with van der Waals surface area (Å²) in [6.45, 7) is 10.8. The molecule has 0 bridgehead atoms. The third-order valence-electron chi connectivity index (χ3n) is 8.32. The van der Waals surface area contributed by atoms with Gasteiger partial charge < -0.3 is 9.16 Å². The highest BCUT2D eigenvalue weighted by atomic mass is 79.9. The summed E-state index contributed by atoms with van der Waals surface area (Å²) in [5, 5.41) is -1.61. The molecule has 1 N–H and O–H groups in total. The second-order valence-electron chi connectivity index (χ2n) is 12.8. The number of carbonyl (C=O) groups excluding carboxylic acids is 1. The molecule has 4 rings (SSSR count). The predicted molar refractivity (Wildman–Crippen MR) is 189 cm³/mol. The van der Waals surface area contributed by atoms with E-state index in [4.69, 9.17) is 9.16 Å². The summed E-state index contributed by atoms with van der Waals surface area (Å²) in [5.41, 5.74) is 2.14. The van der Waals surface area contributed by atoms with E-state index in [-0.39, 0.29) is 41.6 Å². The Hall–Kier alpha value is -3.31. The number of anilines is 1.